The SMILES string of the molecule is CCNC(=NCCCN1CCC(C)CC1)NC1CCC(O)CC1.I. The molecule has 0 spiro atoms. The highest BCUT2D eigenvalue weighted by Gasteiger charge is 2.20. The van der Waals surface area contributed by atoms with Crippen LogP contribution in [0.3, 0.4) is 0 Å². The molecule has 0 aromatic carbocycles. The van der Waals surface area contributed by atoms with Crippen LogP contribution in [0.4, 0.5) is 0 Å². The molecule has 1 saturated carbocycles. The second-order valence-electron chi connectivity index (χ2n) is 7.29. The second-order valence-corrected chi connectivity index (χ2v) is 7.29. The number of nitrogens with one attached hydrogen (secondary N) is 2. The average molecular weight is 452 g/mol. The first-order valence-electron chi connectivity index (χ1n) is 9.62. The van der Waals surface area contributed by atoms with E-state index in [0.717, 1.165) is 57.1 Å². The molecule has 3 N–H and O–H groups in total. The van der Waals surface area contributed by atoms with E-state index in [2.05, 4.69) is 29.4 Å². The Morgan fingerprint density at radius 3 is 2.42 bits per heavy atom. The van der Waals surface area contributed by atoms with Gasteiger partial charge in [0.15, 0.2) is 5.96 Å². The molecule has 0 radical (unpaired) electrons. The minimum absolute atomic E-state index is 0. The third-order valence-corrected chi connectivity index (χ3v) is 5.16. The number of likely N-dealkylation sites (tertiary alicyclic amines) is 1. The van der Waals surface area contributed by atoms with Crippen LogP contribution < -0.4 is 10.6 Å². The lowest BCUT2D eigenvalue weighted by molar-refractivity contribution is 0.120. The topological polar surface area (TPSA) is 59.9 Å². The fourth-order valence-corrected chi connectivity index (χ4v) is 3.50. The van der Waals surface area contributed by atoms with Crippen LogP contribution >= 0.6 is 24.0 Å². The first-order chi connectivity index (χ1) is 11.2. The molecule has 0 unspecified atom stereocenters. The Morgan fingerprint density at radius 1 is 1.12 bits per heavy atom. The molecule has 0 aromatic rings. The molecule has 1 aliphatic heterocycles. The van der Waals surface area contributed by atoms with Gasteiger partial charge in [0.1, 0.15) is 0 Å². The number of halogens is 1. The predicted molar refractivity (Wildman–Crippen MR) is 112 cm³/mol. The molecule has 1 saturated heterocycles. The van der Waals surface area contributed by atoms with Crippen LogP contribution in [0.15, 0.2) is 4.99 Å². The van der Waals surface area contributed by atoms with Crippen LogP contribution in [0.5, 0.6) is 0 Å². The van der Waals surface area contributed by atoms with E-state index in [9.17, 15) is 5.11 Å². The summed E-state index contributed by atoms with van der Waals surface area (Å²) in [4.78, 5) is 7.31. The zero-order valence-corrected chi connectivity index (χ0v) is 17.8. The maximum atomic E-state index is 9.60. The minimum atomic E-state index is -0.0974. The van der Waals surface area contributed by atoms with Crippen molar-refractivity contribution in [3.8, 4) is 0 Å². The predicted octanol–water partition coefficient (Wildman–Crippen LogP) is 2.59. The normalized spacial score (nSPS) is 26.7. The van der Waals surface area contributed by atoms with E-state index in [1.54, 1.807) is 0 Å². The summed E-state index contributed by atoms with van der Waals surface area (Å²) >= 11 is 0. The molecule has 0 aromatic heterocycles. The average Bonchev–Trinajstić information content (AvgIpc) is 2.55. The number of hydrogen-bond donors (Lipinski definition) is 3. The summed E-state index contributed by atoms with van der Waals surface area (Å²) in [6.07, 6.45) is 7.63. The maximum absolute atomic E-state index is 9.60. The number of aliphatic hydroxyl groups is 1. The van der Waals surface area contributed by atoms with E-state index in [1.807, 2.05) is 0 Å². The lowest BCUT2D eigenvalue weighted by Crippen LogP contribution is -2.45. The number of piperidine rings is 1. The number of aliphatic hydroxyl groups excluding tert-OH is 1. The van der Waals surface area contributed by atoms with Crippen LogP contribution in [0, 0.1) is 5.92 Å². The molecule has 0 bridgehead atoms. The molecular weight excluding hydrogens is 415 g/mol. The van der Waals surface area contributed by atoms with Crippen molar-refractivity contribution in [2.24, 2.45) is 10.9 Å². The van der Waals surface area contributed by atoms with Gasteiger partial charge in [0.05, 0.1) is 6.10 Å². The minimum Gasteiger partial charge on any atom is -0.393 e. The van der Waals surface area contributed by atoms with Crippen LogP contribution in [0.25, 0.3) is 0 Å². The van der Waals surface area contributed by atoms with Gasteiger partial charge in [-0.05, 0) is 77.4 Å². The van der Waals surface area contributed by atoms with Crippen LogP contribution in [-0.2, 0) is 0 Å². The summed E-state index contributed by atoms with van der Waals surface area (Å²) in [5.41, 5.74) is 0. The summed E-state index contributed by atoms with van der Waals surface area (Å²) in [7, 11) is 0. The molecule has 1 aliphatic carbocycles. The van der Waals surface area contributed by atoms with Crippen molar-refractivity contribution in [1.82, 2.24) is 15.5 Å². The molecule has 24 heavy (non-hydrogen) atoms. The second kappa shape index (κ2) is 12.3. The molecule has 142 valence electrons. The van der Waals surface area contributed by atoms with Crippen molar-refractivity contribution < 1.29 is 5.11 Å². The Hall–Kier alpha value is -0.0800. The molecule has 2 aliphatic rings. The van der Waals surface area contributed by atoms with Gasteiger partial charge in [-0.15, -0.1) is 24.0 Å². The van der Waals surface area contributed by atoms with Crippen molar-refractivity contribution in [3.63, 3.8) is 0 Å². The third-order valence-electron chi connectivity index (χ3n) is 5.16. The van der Waals surface area contributed by atoms with Crippen LogP contribution in [0.1, 0.15) is 58.8 Å². The number of hydrogen-bond acceptors (Lipinski definition) is 3. The smallest absolute Gasteiger partial charge is 0.191 e. The van der Waals surface area contributed by atoms with Crippen molar-refractivity contribution in [2.45, 2.75) is 70.9 Å². The Morgan fingerprint density at radius 2 is 1.79 bits per heavy atom. The number of nitrogens with zero attached hydrogens (tertiary/aromatic N) is 2. The van der Waals surface area contributed by atoms with E-state index in [0.29, 0.717) is 6.04 Å². The van der Waals surface area contributed by atoms with E-state index in [-0.39, 0.29) is 30.1 Å². The van der Waals surface area contributed by atoms with Crippen molar-refractivity contribution in [3.05, 3.63) is 0 Å². The van der Waals surface area contributed by atoms with Gasteiger partial charge in [0.2, 0.25) is 0 Å². The summed E-state index contributed by atoms with van der Waals surface area (Å²) in [5.74, 6) is 1.85. The zero-order chi connectivity index (χ0) is 16.5. The fourth-order valence-electron chi connectivity index (χ4n) is 3.50. The summed E-state index contributed by atoms with van der Waals surface area (Å²) < 4.78 is 0. The third kappa shape index (κ3) is 8.34. The molecule has 5 nitrogen and oxygen atoms in total. The monoisotopic (exact) mass is 452 g/mol. The number of rotatable bonds is 6. The van der Waals surface area contributed by atoms with Gasteiger partial charge in [-0.2, -0.15) is 0 Å². The largest absolute Gasteiger partial charge is 0.393 e. The maximum Gasteiger partial charge on any atom is 0.191 e. The molecule has 2 fully saturated rings. The van der Waals surface area contributed by atoms with E-state index >= 15 is 0 Å². The van der Waals surface area contributed by atoms with Crippen LogP contribution in [0.2, 0.25) is 0 Å². The highest BCUT2D eigenvalue weighted by atomic mass is 127. The Bertz CT molecular complexity index is 351. The molecular formula is C18H37IN4O. The standard InChI is InChI=1S/C18H36N4O.HI/c1-3-19-18(21-16-5-7-17(23)8-6-16)20-11-4-12-22-13-9-15(2)10-14-22;/h15-17,23H,3-14H2,1-2H3,(H2,19,20,21);1H. The van der Waals surface area contributed by atoms with Gasteiger partial charge in [-0.25, -0.2) is 0 Å². The van der Waals surface area contributed by atoms with Gasteiger partial charge < -0.3 is 20.6 Å². The number of aliphatic imine (C=N–C) groups is 1. The first kappa shape index (κ1) is 22.0. The fraction of sp³-hybridized carbons (Fsp3) is 0.944. The van der Waals surface area contributed by atoms with Crippen LogP contribution in [-0.4, -0.2) is 60.8 Å². The number of guanidine groups is 1. The van der Waals surface area contributed by atoms with Crippen molar-refractivity contribution >= 4 is 29.9 Å². The highest BCUT2D eigenvalue weighted by Crippen LogP contribution is 2.18. The van der Waals surface area contributed by atoms with E-state index < -0.39 is 0 Å². The highest BCUT2D eigenvalue weighted by molar-refractivity contribution is 14.0. The quantitative estimate of drug-likeness (QED) is 0.251. The Kier molecular flexibility index (Phi) is 11.3. The molecule has 1 heterocycles. The Balaban J connectivity index is 0.00000288. The summed E-state index contributed by atoms with van der Waals surface area (Å²) in [6.45, 7) is 9.94. The van der Waals surface area contributed by atoms with E-state index in [1.165, 1.54) is 32.5 Å². The lowest BCUT2D eigenvalue weighted by Gasteiger charge is -2.30. The summed E-state index contributed by atoms with van der Waals surface area (Å²) in [5, 5.41) is 16.5. The van der Waals surface area contributed by atoms with Gasteiger partial charge in [-0.1, -0.05) is 6.92 Å². The van der Waals surface area contributed by atoms with Crippen molar-refractivity contribution in [2.75, 3.05) is 32.7 Å². The molecule has 0 amide bonds. The molecule has 2 rings (SSSR count). The van der Waals surface area contributed by atoms with Crippen molar-refractivity contribution in [1.29, 1.82) is 0 Å². The van der Waals surface area contributed by atoms with E-state index in [4.69, 9.17) is 4.99 Å². The lowest BCUT2D eigenvalue weighted by atomic mass is 9.93. The van der Waals surface area contributed by atoms with Gasteiger partial charge >= 0.3 is 0 Å². The molecule has 0 atom stereocenters. The Labute approximate surface area is 165 Å². The molecule has 6 heteroatoms. The first-order valence-corrected chi connectivity index (χ1v) is 9.62. The summed E-state index contributed by atoms with van der Waals surface area (Å²) in [6, 6.07) is 0.458. The van der Waals surface area contributed by atoms with Gasteiger partial charge in [-0.3, -0.25) is 4.99 Å². The zero-order valence-electron chi connectivity index (χ0n) is 15.5. The van der Waals surface area contributed by atoms with Gasteiger partial charge in [0.25, 0.3) is 0 Å². The van der Waals surface area contributed by atoms with Gasteiger partial charge in [0, 0.05) is 19.1 Å².